The van der Waals surface area contributed by atoms with Crippen molar-refractivity contribution in [2.75, 3.05) is 25.1 Å². The summed E-state index contributed by atoms with van der Waals surface area (Å²) in [6.45, 7) is 3.06. The number of hydrogen-bond donors (Lipinski definition) is 1. The van der Waals surface area contributed by atoms with Gasteiger partial charge in [0.25, 0.3) is 0 Å². The van der Waals surface area contributed by atoms with E-state index in [0.717, 1.165) is 12.8 Å². The average molecular weight is 274 g/mol. The molecule has 1 aliphatic rings. The number of carbonyl (C=O) groups excluding carboxylic acids is 2. The minimum Gasteiger partial charge on any atom is -0.344 e. The molecule has 104 valence electrons. The number of nitrogens with one attached hydrogen (secondary N) is 1. The molecule has 0 saturated carbocycles. The fraction of sp³-hybridized carbons (Fsp3) is 0.833. The van der Waals surface area contributed by atoms with Gasteiger partial charge in [0.05, 0.1) is 0 Å². The summed E-state index contributed by atoms with van der Waals surface area (Å²) in [5.74, 6) is 0.553. The second-order valence-electron chi connectivity index (χ2n) is 4.61. The van der Waals surface area contributed by atoms with E-state index < -0.39 is 10.8 Å². The van der Waals surface area contributed by atoms with Crippen LogP contribution in [0.25, 0.3) is 0 Å². The number of amides is 2. The van der Waals surface area contributed by atoms with Gasteiger partial charge in [-0.2, -0.15) is 0 Å². The Morgan fingerprint density at radius 3 is 2.78 bits per heavy atom. The molecule has 1 saturated heterocycles. The average Bonchev–Trinajstić information content (AvgIpc) is 2.42. The molecule has 1 rings (SSSR count). The molecule has 1 N–H and O–H groups in total. The Hall–Kier alpha value is -0.910. The summed E-state index contributed by atoms with van der Waals surface area (Å²) in [5, 5.41) is 2.77. The van der Waals surface area contributed by atoms with Gasteiger partial charge in [0, 0.05) is 42.3 Å². The van der Waals surface area contributed by atoms with Crippen molar-refractivity contribution in [1.29, 1.82) is 0 Å². The maximum Gasteiger partial charge on any atom is 0.245 e. The molecule has 0 radical (unpaired) electrons. The molecule has 2 amide bonds. The summed E-state index contributed by atoms with van der Waals surface area (Å²) in [6, 6.07) is -0.378. The number of nitrogens with zero attached hydrogens (tertiary/aromatic N) is 1. The molecule has 0 aromatic heterocycles. The maximum atomic E-state index is 12.2. The van der Waals surface area contributed by atoms with Crippen LogP contribution in [0.4, 0.5) is 0 Å². The highest BCUT2D eigenvalue weighted by molar-refractivity contribution is 7.84. The quantitative estimate of drug-likeness (QED) is 0.756. The van der Waals surface area contributed by atoms with Crippen LogP contribution in [-0.2, 0) is 20.4 Å². The van der Waals surface area contributed by atoms with Crippen molar-refractivity contribution in [3.8, 4) is 0 Å². The Labute approximate surface area is 111 Å². The van der Waals surface area contributed by atoms with Crippen molar-refractivity contribution >= 4 is 22.6 Å². The smallest absolute Gasteiger partial charge is 0.245 e. The highest BCUT2D eigenvalue weighted by Gasteiger charge is 2.28. The first-order chi connectivity index (χ1) is 8.54. The van der Waals surface area contributed by atoms with Crippen LogP contribution < -0.4 is 5.32 Å². The molecule has 0 aromatic carbocycles. The number of rotatable bonds is 6. The molecule has 18 heavy (non-hydrogen) atoms. The van der Waals surface area contributed by atoms with E-state index in [9.17, 15) is 13.8 Å². The molecule has 0 aromatic rings. The van der Waals surface area contributed by atoms with Crippen molar-refractivity contribution < 1.29 is 13.8 Å². The maximum absolute atomic E-state index is 12.2. The van der Waals surface area contributed by atoms with Gasteiger partial charge in [-0.25, -0.2) is 0 Å². The highest BCUT2D eigenvalue weighted by Crippen LogP contribution is 2.09. The van der Waals surface area contributed by atoms with Gasteiger partial charge in [-0.05, 0) is 12.8 Å². The molecule has 0 bridgehead atoms. The van der Waals surface area contributed by atoms with E-state index in [-0.39, 0.29) is 17.9 Å². The van der Waals surface area contributed by atoms with Crippen molar-refractivity contribution in [2.24, 2.45) is 0 Å². The zero-order valence-corrected chi connectivity index (χ0v) is 11.9. The van der Waals surface area contributed by atoms with Crippen LogP contribution in [0.3, 0.4) is 0 Å². The standard InChI is InChI=1S/C12H22N2O3S/c1-3-5-10-12(16)14(7-4-9-18(2)17)8-6-11(15)13-10/h10H,3-9H2,1-2H3,(H,13,15). The Morgan fingerprint density at radius 2 is 2.17 bits per heavy atom. The first kappa shape index (κ1) is 15.1. The number of hydrogen-bond acceptors (Lipinski definition) is 3. The molecular weight excluding hydrogens is 252 g/mol. The Kier molecular flexibility index (Phi) is 6.32. The zero-order chi connectivity index (χ0) is 13.5. The Morgan fingerprint density at radius 1 is 1.44 bits per heavy atom. The lowest BCUT2D eigenvalue weighted by Gasteiger charge is -2.23. The molecule has 1 heterocycles. The van der Waals surface area contributed by atoms with Crippen molar-refractivity contribution in [2.45, 2.75) is 38.6 Å². The Bertz CT molecular complexity index is 333. The summed E-state index contributed by atoms with van der Waals surface area (Å²) in [5.41, 5.74) is 0. The lowest BCUT2D eigenvalue weighted by atomic mass is 10.1. The van der Waals surface area contributed by atoms with Crippen LogP contribution in [0.2, 0.25) is 0 Å². The third-order valence-corrected chi connectivity index (χ3v) is 3.85. The van der Waals surface area contributed by atoms with Crippen LogP contribution in [0, 0.1) is 0 Å². The molecule has 5 nitrogen and oxygen atoms in total. The van der Waals surface area contributed by atoms with Crippen LogP contribution in [0.15, 0.2) is 0 Å². The summed E-state index contributed by atoms with van der Waals surface area (Å²) >= 11 is 0. The van der Waals surface area contributed by atoms with Gasteiger partial charge >= 0.3 is 0 Å². The van der Waals surface area contributed by atoms with Gasteiger partial charge in [0.1, 0.15) is 6.04 Å². The molecule has 1 fully saturated rings. The van der Waals surface area contributed by atoms with E-state index in [1.54, 1.807) is 11.2 Å². The van der Waals surface area contributed by atoms with E-state index >= 15 is 0 Å². The molecular formula is C12H22N2O3S. The van der Waals surface area contributed by atoms with Crippen molar-refractivity contribution in [3.05, 3.63) is 0 Å². The lowest BCUT2D eigenvalue weighted by Crippen LogP contribution is -2.45. The summed E-state index contributed by atoms with van der Waals surface area (Å²) in [6.07, 6.45) is 4.29. The largest absolute Gasteiger partial charge is 0.344 e. The van der Waals surface area contributed by atoms with E-state index in [2.05, 4.69) is 5.32 Å². The fourth-order valence-electron chi connectivity index (χ4n) is 2.06. The first-order valence-electron chi connectivity index (χ1n) is 6.42. The summed E-state index contributed by atoms with van der Waals surface area (Å²) in [4.78, 5) is 25.4. The van der Waals surface area contributed by atoms with Crippen molar-refractivity contribution in [3.63, 3.8) is 0 Å². The molecule has 6 heteroatoms. The first-order valence-corrected chi connectivity index (χ1v) is 8.15. The summed E-state index contributed by atoms with van der Waals surface area (Å²) in [7, 11) is -0.825. The molecule has 2 atom stereocenters. The molecule has 0 aliphatic carbocycles. The van der Waals surface area contributed by atoms with Gasteiger partial charge in [-0.15, -0.1) is 0 Å². The van der Waals surface area contributed by atoms with Crippen LogP contribution in [0.1, 0.15) is 32.6 Å². The van der Waals surface area contributed by atoms with Gasteiger partial charge in [-0.1, -0.05) is 13.3 Å². The van der Waals surface area contributed by atoms with E-state index in [0.29, 0.717) is 31.7 Å². The molecule has 2 unspecified atom stereocenters. The minimum atomic E-state index is -0.825. The van der Waals surface area contributed by atoms with E-state index in [1.165, 1.54) is 0 Å². The number of carbonyl (C=O) groups is 2. The van der Waals surface area contributed by atoms with Crippen LogP contribution in [0.5, 0.6) is 0 Å². The fourth-order valence-corrected chi connectivity index (χ4v) is 2.60. The van der Waals surface area contributed by atoms with Crippen LogP contribution in [-0.4, -0.2) is 52.1 Å². The lowest BCUT2D eigenvalue weighted by molar-refractivity contribution is -0.133. The predicted octanol–water partition coefficient (Wildman–Crippen LogP) is 0.272. The van der Waals surface area contributed by atoms with E-state index in [4.69, 9.17) is 0 Å². The minimum absolute atomic E-state index is 0.00425. The zero-order valence-electron chi connectivity index (χ0n) is 11.1. The van der Waals surface area contributed by atoms with E-state index in [1.807, 2.05) is 6.92 Å². The predicted molar refractivity (Wildman–Crippen MR) is 71.6 cm³/mol. The van der Waals surface area contributed by atoms with Crippen molar-refractivity contribution in [1.82, 2.24) is 10.2 Å². The van der Waals surface area contributed by atoms with Gasteiger partial charge < -0.3 is 10.2 Å². The van der Waals surface area contributed by atoms with Gasteiger partial charge in [-0.3, -0.25) is 13.8 Å². The van der Waals surface area contributed by atoms with Gasteiger partial charge in [0.2, 0.25) is 11.8 Å². The third-order valence-electron chi connectivity index (χ3n) is 2.99. The highest BCUT2D eigenvalue weighted by atomic mass is 32.2. The SMILES string of the molecule is CCCC1NC(=O)CCN(CCCS(C)=O)C1=O. The Balaban J connectivity index is 2.56. The van der Waals surface area contributed by atoms with Crippen LogP contribution >= 0.6 is 0 Å². The normalized spacial score (nSPS) is 22.6. The van der Waals surface area contributed by atoms with Gasteiger partial charge in [0.15, 0.2) is 0 Å². The monoisotopic (exact) mass is 274 g/mol. The second-order valence-corrected chi connectivity index (χ2v) is 6.17. The third kappa shape index (κ3) is 4.76. The topological polar surface area (TPSA) is 66.5 Å². The molecule has 0 spiro atoms. The second kappa shape index (κ2) is 7.51. The summed E-state index contributed by atoms with van der Waals surface area (Å²) < 4.78 is 11.0. The molecule has 1 aliphatic heterocycles.